The molecule has 0 aliphatic rings. The van der Waals surface area contributed by atoms with E-state index >= 15 is 0 Å². The second-order valence-electron chi connectivity index (χ2n) is 7.19. The number of aryl methyl sites for hydroxylation is 4. The first-order valence-corrected chi connectivity index (χ1v) is 8.94. The van der Waals surface area contributed by atoms with E-state index in [4.69, 9.17) is 0 Å². The maximum atomic E-state index is 9.97. The number of benzene rings is 4. The third-order valence-corrected chi connectivity index (χ3v) is 5.52. The Labute approximate surface area is 154 Å². The van der Waals surface area contributed by atoms with Crippen molar-refractivity contribution < 1.29 is 0 Å². The van der Waals surface area contributed by atoms with Crippen LogP contribution in [-0.4, -0.2) is 0 Å². The van der Waals surface area contributed by atoms with Crippen LogP contribution in [-0.2, 0) is 0 Å². The van der Waals surface area contributed by atoms with E-state index in [-0.39, 0.29) is 0 Å². The largest absolute Gasteiger partial charge is 0.192 e. The van der Waals surface area contributed by atoms with Gasteiger partial charge in [-0.3, -0.25) is 0 Å². The van der Waals surface area contributed by atoms with Gasteiger partial charge in [-0.25, -0.2) is 0 Å². The molecular weight excluding hydrogens is 314 g/mol. The zero-order valence-corrected chi connectivity index (χ0v) is 15.6. The fraction of sp³-hybridized carbons (Fsp3) is 0.160. The van der Waals surface area contributed by atoms with Crippen molar-refractivity contribution in [1.29, 1.82) is 5.26 Å². The van der Waals surface area contributed by atoms with Crippen molar-refractivity contribution in [3.05, 3.63) is 82.4 Å². The zero-order valence-electron chi connectivity index (χ0n) is 15.6. The Morgan fingerprint density at radius 1 is 0.615 bits per heavy atom. The highest BCUT2D eigenvalue weighted by Crippen LogP contribution is 2.40. The Morgan fingerprint density at radius 3 is 1.46 bits per heavy atom. The van der Waals surface area contributed by atoms with Crippen molar-refractivity contribution >= 4 is 21.5 Å². The molecule has 0 bridgehead atoms. The molecule has 0 spiro atoms. The Bertz CT molecular complexity index is 1140. The molecule has 0 heterocycles. The Hall–Kier alpha value is -3.11. The highest BCUT2D eigenvalue weighted by molar-refractivity contribution is 6.16. The van der Waals surface area contributed by atoms with Crippen LogP contribution in [0.25, 0.3) is 32.7 Å². The summed E-state index contributed by atoms with van der Waals surface area (Å²) in [5.41, 5.74) is 8.14. The molecule has 4 rings (SSSR count). The zero-order chi connectivity index (χ0) is 18.4. The van der Waals surface area contributed by atoms with Gasteiger partial charge in [-0.15, -0.1) is 0 Å². The number of rotatable bonds is 1. The molecule has 1 nitrogen and oxygen atoms in total. The van der Waals surface area contributed by atoms with Crippen LogP contribution in [0.1, 0.15) is 27.8 Å². The molecule has 0 unspecified atom stereocenters. The van der Waals surface area contributed by atoms with Gasteiger partial charge in [0, 0.05) is 10.8 Å². The molecule has 0 aliphatic carbocycles. The third-order valence-electron chi connectivity index (χ3n) is 5.52. The van der Waals surface area contributed by atoms with E-state index in [9.17, 15) is 5.26 Å². The van der Waals surface area contributed by atoms with Crippen LogP contribution in [0, 0.1) is 39.0 Å². The van der Waals surface area contributed by atoms with E-state index in [2.05, 4.69) is 82.3 Å². The minimum atomic E-state index is 0.779. The van der Waals surface area contributed by atoms with Crippen LogP contribution < -0.4 is 0 Å². The van der Waals surface area contributed by atoms with Gasteiger partial charge < -0.3 is 0 Å². The van der Waals surface area contributed by atoms with Gasteiger partial charge in [-0.1, -0.05) is 42.5 Å². The minimum Gasteiger partial charge on any atom is -0.192 e. The average Bonchev–Trinajstić information content (AvgIpc) is 2.63. The van der Waals surface area contributed by atoms with Crippen molar-refractivity contribution in [1.82, 2.24) is 0 Å². The molecule has 4 aromatic carbocycles. The Balaban J connectivity index is 2.34. The summed E-state index contributed by atoms with van der Waals surface area (Å²) >= 11 is 0. The average molecular weight is 335 g/mol. The van der Waals surface area contributed by atoms with Crippen LogP contribution in [0.2, 0.25) is 0 Å². The Kier molecular flexibility index (Phi) is 3.78. The van der Waals surface area contributed by atoms with E-state index in [0.29, 0.717) is 0 Å². The summed E-state index contributed by atoms with van der Waals surface area (Å²) in [6.07, 6.45) is 0. The van der Waals surface area contributed by atoms with E-state index in [1.54, 1.807) is 0 Å². The second-order valence-corrected chi connectivity index (χ2v) is 7.19. The van der Waals surface area contributed by atoms with Crippen LogP contribution in [0.5, 0.6) is 0 Å². The molecular formula is C25H21N. The van der Waals surface area contributed by atoms with Crippen molar-refractivity contribution in [3.63, 3.8) is 0 Å². The van der Waals surface area contributed by atoms with Gasteiger partial charge >= 0.3 is 0 Å². The van der Waals surface area contributed by atoms with Crippen LogP contribution in [0.3, 0.4) is 0 Å². The van der Waals surface area contributed by atoms with Gasteiger partial charge in [0.1, 0.15) is 6.07 Å². The van der Waals surface area contributed by atoms with Crippen LogP contribution in [0.4, 0.5) is 0 Å². The van der Waals surface area contributed by atoms with Gasteiger partial charge in [0.15, 0.2) is 0 Å². The third kappa shape index (κ3) is 2.38. The SMILES string of the molecule is Cc1cc2c(C#N)c3cc(C)c(C)cc3c(-c3ccccc3)c2cc1C. The number of hydrogen-bond acceptors (Lipinski definition) is 1. The van der Waals surface area contributed by atoms with Gasteiger partial charge in [0.2, 0.25) is 0 Å². The predicted octanol–water partition coefficient (Wildman–Crippen LogP) is 6.77. The molecule has 0 N–H and O–H groups in total. The summed E-state index contributed by atoms with van der Waals surface area (Å²) in [5, 5.41) is 14.4. The molecule has 0 aliphatic heterocycles. The normalized spacial score (nSPS) is 11.0. The lowest BCUT2D eigenvalue weighted by Gasteiger charge is -2.17. The summed E-state index contributed by atoms with van der Waals surface area (Å²) in [6, 6.07) is 21.8. The Morgan fingerprint density at radius 2 is 1.04 bits per heavy atom. The molecule has 0 fully saturated rings. The lowest BCUT2D eigenvalue weighted by Crippen LogP contribution is -1.94. The summed E-state index contributed by atoms with van der Waals surface area (Å²) in [4.78, 5) is 0. The molecule has 0 radical (unpaired) electrons. The summed E-state index contributed by atoms with van der Waals surface area (Å²) in [6.45, 7) is 8.51. The van der Waals surface area contributed by atoms with E-state index < -0.39 is 0 Å². The molecule has 0 saturated heterocycles. The molecule has 0 saturated carbocycles. The predicted molar refractivity (Wildman–Crippen MR) is 111 cm³/mol. The number of hydrogen-bond donors (Lipinski definition) is 0. The molecule has 126 valence electrons. The highest BCUT2D eigenvalue weighted by Gasteiger charge is 2.17. The lowest BCUT2D eigenvalue weighted by molar-refractivity contribution is 1.35. The molecule has 4 aromatic rings. The monoisotopic (exact) mass is 335 g/mol. The first-order valence-electron chi connectivity index (χ1n) is 8.94. The number of fused-ring (bicyclic) bond motifs is 2. The molecule has 0 aromatic heterocycles. The molecule has 0 atom stereocenters. The first-order chi connectivity index (χ1) is 12.5. The van der Waals surface area contributed by atoms with E-state index in [1.807, 2.05) is 6.07 Å². The van der Waals surface area contributed by atoms with Crippen molar-refractivity contribution in [2.45, 2.75) is 27.7 Å². The summed E-state index contributed by atoms with van der Waals surface area (Å²) in [5.74, 6) is 0. The van der Waals surface area contributed by atoms with Crippen molar-refractivity contribution in [3.8, 4) is 17.2 Å². The number of nitriles is 1. The van der Waals surface area contributed by atoms with Gasteiger partial charge in [-0.05, 0) is 84.0 Å². The van der Waals surface area contributed by atoms with Crippen molar-refractivity contribution in [2.75, 3.05) is 0 Å². The topological polar surface area (TPSA) is 23.8 Å². The first kappa shape index (κ1) is 16.4. The fourth-order valence-electron chi connectivity index (χ4n) is 3.79. The molecule has 0 amide bonds. The quantitative estimate of drug-likeness (QED) is 0.352. The minimum absolute atomic E-state index is 0.779. The standard InChI is InChI=1S/C25H21N/c1-15-10-20-22(12-17(15)3)25(19-8-6-5-7-9-19)23-13-18(4)16(2)11-21(23)24(20)14-26/h5-13H,1-4H3. The van der Waals surface area contributed by atoms with Crippen LogP contribution in [0.15, 0.2) is 54.6 Å². The fourth-order valence-corrected chi connectivity index (χ4v) is 3.79. The molecule has 26 heavy (non-hydrogen) atoms. The second kappa shape index (κ2) is 6.00. The van der Waals surface area contributed by atoms with Crippen LogP contribution >= 0.6 is 0 Å². The summed E-state index contributed by atoms with van der Waals surface area (Å²) in [7, 11) is 0. The smallest absolute Gasteiger partial charge is 0.100 e. The number of nitrogens with zero attached hydrogens (tertiary/aromatic N) is 1. The van der Waals surface area contributed by atoms with E-state index in [1.165, 1.54) is 33.4 Å². The van der Waals surface area contributed by atoms with Gasteiger partial charge in [0.25, 0.3) is 0 Å². The maximum Gasteiger partial charge on any atom is 0.100 e. The van der Waals surface area contributed by atoms with Crippen molar-refractivity contribution in [2.24, 2.45) is 0 Å². The highest BCUT2D eigenvalue weighted by atomic mass is 14.3. The van der Waals surface area contributed by atoms with Gasteiger partial charge in [-0.2, -0.15) is 5.26 Å². The lowest BCUT2D eigenvalue weighted by atomic mass is 9.85. The van der Waals surface area contributed by atoms with E-state index in [0.717, 1.165) is 27.1 Å². The van der Waals surface area contributed by atoms with Gasteiger partial charge in [0.05, 0.1) is 5.56 Å². The summed E-state index contributed by atoms with van der Waals surface area (Å²) < 4.78 is 0. The molecule has 1 heteroatoms. The maximum absolute atomic E-state index is 9.97.